The summed E-state index contributed by atoms with van der Waals surface area (Å²) in [7, 11) is 0. The van der Waals surface area contributed by atoms with Gasteiger partial charge in [-0.25, -0.2) is 0 Å². The molecule has 0 bridgehead atoms. The quantitative estimate of drug-likeness (QED) is 0.634. The molecule has 1 unspecified atom stereocenters. The van der Waals surface area contributed by atoms with Gasteiger partial charge in [-0.2, -0.15) is 0 Å². The molecule has 2 nitrogen and oxygen atoms in total. The molecule has 1 fully saturated rings. The molecule has 0 aromatic carbocycles. The molecule has 1 aliphatic carbocycles. The Kier molecular flexibility index (Phi) is 7.70. The summed E-state index contributed by atoms with van der Waals surface area (Å²) in [5, 5.41) is 3.78. The fraction of sp³-hybridized carbons (Fsp3) is 1.00. The van der Waals surface area contributed by atoms with Crippen LogP contribution in [0.1, 0.15) is 86.5 Å². The summed E-state index contributed by atoms with van der Waals surface area (Å²) in [4.78, 5) is 0. The van der Waals surface area contributed by atoms with Gasteiger partial charge >= 0.3 is 0 Å². The second-order valence-electron chi connectivity index (χ2n) is 7.69. The Bertz CT molecular complexity index is 273. The lowest BCUT2D eigenvalue weighted by molar-refractivity contribution is -0.110. The van der Waals surface area contributed by atoms with Crippen molar-refractivity contribution in [2.45, 2.75) is 98.1 Å². The van der Waals surface area contributed by atoms with Crippen LogP contribution in [-0.4, -0.2) is 24.8 Å². The lowest BCUT2D eigenvalue weighted by Crippen LogP contribution is -2.55. The van der Waals surface area contributed by atoms with Crippen molar-refractivity contribution in [2.75, 3.05) is 13.2 Å². The minimum atomic E-state index is 0.0723. The Labute approximate surface area is 133 Å². The maximum atomic E-state index is 6.41. The van der Waals surface area contributed by atoms with Crippen LogP contribution < -0.4 is 5.32 Å². The number of likely N-dealkylation sites (N-methyl/N-ethyl adjacent to an activating group) is 1. The van der Waals surface area contributed by atoms with Gasteiger partial charge in [0.1, 0.15) is 0 Å². The van der Waals surface area contributed by atoms with Gasteiger partial charge in [-0.05, 0) is 56.9 Å². The van der Waals surface area contributed by atoms with Gasteiger partial charge in [0.15, 0.2) is 0 Å². The third-order valence-corrected chi connectivity index (χ3v) is 5.69. The van der Waals surface area contributed by atoms with Crippen LogP contribution in [0.5, 0.6) is 0 Å². The van der Waals surface area contributed by atoms with Crippen LogP contribution in [-0.2, 0) is 4.74 Å². The van der Waals surface area contributed by atoms with E-state index in [4.69, 9.17) is 4.74 Å². The zero-order valence-electron chi connectivity index (χ0n) is 15.4. The zero-order chi connectivity index (χ0) is 15.9. The molecule has 1 N–H and O–H groups in total. The fourth-order valence-electron chi connectivity index (χ4n) is 3.92. The monoisotopic (exact) mass is 297 g/mol. The normalized spacial score (nSPS) is 22.4. The van der Waals surface area contributed by atoms with Crippen molar-refractivity contribution < 1.29 is 4.74 Å². The van der Waals surface area contributed by atoms with Gasteiger partial charge in [-0.1, -0.05) is 47.5 Å². The summed E-state index contributed by atoms with van der Waals surface area (Å²) >= 11 is 0. The number of hydrogen-bond acceptors (Lipinski definition) is 2. The topological polar surface area (TPSA) is 21.3 Å². The Hall–Kier alpha value is -0.0800. The Balaban J connectivity index is 2.86. The lowest BCUT2D eigenvalue weighted by Gasteiger charge is -2.48. The van der Waals surface area contributed by atoms with E-state index in [1.54, 1.807) is 0 Å². The molecule has 1 saturated carbocycles. The largest absolute Gasteiger partial charge is 0.374 e. The fourth-order valence-corrected chi connectivity index (χ4v) is 3.92. The molecule has 0 aliphatic heterocycles. The highest BCUT2D eigenvalue weighted by Gasteiger charge is 2.44. The molecule has 1 atom stereocenters. The Morgan fingerprint density at radius 3 is 1.95 bits per heavy atom. The van der Waals surface area contributed by atoms with Crippen LogP contribution in [0, 0.1) is 11.3 Å². The van der Waals surface area contributed by atoms with Crippen LogP contribution in [0.15, 0.2) is 0 Å². The SMILES string of the molecule is CCNC(CC(CC)CC)C1(OCC)CCC(C)(C)CC1. The van der Waals surface area contributed by atoms with Gasteiger partial charge in [0.05, 0.1) is 5.60 Å². The molecule has 0 spiro atoms. The molecule has 1 aliphatic rings. The van der Waals surface area contributed by atoms with E-state index in [0.717, 1.165) is 19.1 Å². The van der Waals surface area contributed by atoms with Crippen molar-refractivity contribution in [1.82, 2.24) is 5.32 Å². The second-order valence-corrected chi connectivity index (χ2v) is 7.69. The van der Waals surface area contributed by atoms with Crippen LogP contribution in [0.25, 0.3) is 0 Å². The third-order valence-electron chi connectivity index (χ3n) is 5.69. The highest BCUT2D eigenvalue weighted by Crippen LogP contribution is 2.45. The third kappa shape index (κ3) is 5.25. The molecular weight excluding hydrogens is 258 g/mol. The van der Waals surface area contributed by atoms with Gasteiger partial charge in [0, 0.05) is 12.6 Å². The van der Waals surface area contributed by atoms with Gasteiger partial charge in [-0.15, -0.1) is 0 Å². The maximum Gasteiger partial charge on any atom is 0.0835 e. The van der Waals surface area contributed by atoms with Crippen molar-refractivity contribution in [1.29, 1.82) is 0 Å². The van der Waals surface area contributed by atoms with E-state index in [2.05, 4.69) is 46.9 Å². The van der Waals surface area contributed by atoms with Crippen molar-refractivity contribution in [3.05, 3.63) is 0 Å². The van der Waals surface area contributed by atoms with Crippen LogP contribution in [0.4, 0.5) is 0 Å². The van der Waals surface area contributed by atoms with Crippen LogP contribution >= 0.6 is 0 Å². The Morgan fingerprint density at radius 1 is 0.952 bits per heavy atom. The van der Waals surface area contributed by atoms with Gasteiger partial charge in [0.2, 0.25) is 0 Å². The number of hydrogen-bond donors (Lipinski definition) is 1. The average molecular weight is 298 g/mol. The summed E-state index contributed by atoms with van der Waals surface area (Å²) in [5.74, 6) is 0.821. The van der Waals surface area contributed by atoms with E-state index >= 15 is 0 Å². The van der Waals surface area contributed by atoms with Gasteiger partial charge in [-0.3, -0.25) is 0 Å². The van der Waals surface area contributed by atoms with E-state index < -0.39 is 0 Å². The van der Waals surface area contributed by atoms with Crippen molar-refractivity contribution in [3.8, 4) is 0 Å². The molecule has 126 valence electrons. The summed E-state index contributed by atoms with van der Waals surface area (Å²) < 4.78 is 6.41. The van der Waals surface area contributed by atoms with E-state index in [-0.39, 0.29) is 5.60 Å². The lowest BCUT2D eigenvalue weighted by atomic mass is 9.67. The Morgan fingerprint density at radius 2 is 1.52 bits per heavy atom. The standard InChI is InChI=1S/C19H39NO/c1-7-16(8-2)15-17(20-9-3)19(21-10-4)13-11-18(5,6)12-14-19/h16-17,20H,7-15H2,1-6H3. The zero-order valence-corrected chi connectivity index (χ0v) is 15.4. The molecule has 0 aromatic rings. The first kappa shape index (κ1) is 19.0. The maximum absolute atomic E-state index is 6.41. The first-order valence-electron chi connectivity index (χ1n) is 9.30. The van der Waals surface area contributed by atoms with E-state index in [0.29, 0.717) is 11.5 Å². The molecule has 21 heavy (non-hydrogen) atoms. The number of rotatable bonds is 9. The molecule has 0 saturated heterocycles. The van der Waals surface area contributed by atoms with Gasteiger partial charge < -0.3 is 10.1 Å². The highest BCUT2D eigenvalue weighted by molar-refractivity contribution is 4.99. The first-order valence-corrected chi connectivity index (χ1v) is 9.30. The van der Waals surface area contributed by atoms with Crippen molar-refractivity contribution in [2.24, 2.45) is 11.3 Å². The summed E-state index contributed by atoms with van der Waals surface area (Å²) in [6.07, 6.45) is 8.84. The summed E-state index contributed by atoms with van der Waals surface area (Å²) in [6.45, 7) is 15.7. The summed E-state index contributed by atoms with van der Waals surface area (Å²) in [5.41, 5.74) is 0.565. The molecule has 1 rings (SSSR count). The predicted octanol–water partition coefficient (Wildman–Crippen LogP) is 5.17. The highest BCUT2D eigenvalue weighted by atomic mass is 16.5. The molecule has 0 amide bonds. The average Bonchev–Trinajstić information content (AvgIpc) is 2.46. The van der Waals surface area contributed by atoms with Crippen molar-refractivity contribution >= 4 is 0 Å². The first-order chi connectivity index (χ1) is 9.93. The second kappa shape index (κ2) is 8.53. The van der Waals surface area contributed by atoms with E-state index in [9.17, 15) is 0 Å². The van der Waals surface area contributed by atoms with E-state index in [1.807, 2.05) is 0 Å². The van der Waals surface area contributed by atoms with Crippen molar-refractivity contribution in [3.63, 3.8) is 0 Å². The smallest absolute Gasteiger partial charge is 0.0835 e. The minimum Gasteiger partial charge on any atom is -0.374 e. The minimum absolute atomic E-state index is 0.0723. The molecule has 0 radical (unpaired) electrons. The van der Waals surface area contributed by atoms with Gasteiger partial charge in [0.25, 0.3) is 0 Å². The number of ether oxygens (including phenoxy) is 1. The predicted molar refractivity (Wildman–Crippen MR) is 92.8 cm³/mol. The molecule has 0 aromatic heterocycles. The molecule has 2 heteroatoms. The van der Waals surface area contributed by atoms with E-state index in [1.165, 1.54) is 44.9 Å². The summed E-state index contributed by atoms with van der Waals surface area (Å²) in [6, 6.07) is 0.517. The molecular formula is C19H39NO. The van der Waals surface area contributed by atoms with Crippen LogP contribution in [0.3, 0.4) is 0 Å². The number of nitrogens with one attached hydrogen (secondary N) is 1. The van der Waals surface area contributed by atoms with Crippen LogP contribution in [0.2, 0.25) is 0 Å². The molecule has 0 heterocycles.